The summed E-state index contributed by atoms with van der Waals surface area (Å²) in [5, 5.41) is 3.40. The number of methoxy groups -OCH3 is 1. The lowest BCUT2D eigenvalue weighted by Gasteiger charge is -2.32. The van der Waals surface area contributed by atoms with Crippen LogP contribution in [0, 0.1) is 6.92 Å². The van der Waals surface area contributed by atoms with Crippen molar-refractivity contribution in [2.24, 2.45) is 0 Å². The van der Waals surface area contributed by atoms with E-state index in [2.05, 4.69) is 22.2 Å². The number of nitrogens with one attached hydrogen (secondary N) is 1. The van der Waals surface area contributed by atoms with Crippen molar-refractivity contribution in [3.8, 4) is 0 Å². The number of likely N-dealkylation sites (N-methyl/N-ethyl adjacent to an activating group) is 1. The van der Waals surface area contributed by atoms with Crippen molar-refractivity contribution >= 4 is 11.8 Å². The highest BCUT2D eigenvalue weighted by atomic mass is 16.5. The molecule has 1 aliphatic rings. The number of anilines is 1. The van der Waals surface area contributed by atoms with Crippen molar-refractivity contribution in [1.82, 2.24) is 10.3 Å². The zero-order valence-corrected chi connectivity index (χ0v) is 11.8. The van der Waals surface area contributed by atoms with E-state index in [0.29, 0.717) is 17.3 Å². The first-order chi connectivity index (χ1) is 9.13. The highest BCUT2D eigenvalue weighted by Crippen LogP contribution is 2.19. The van der Waals surface area contributed by atoms with Crippen LogP contribution in [0.25, 0.3) is 0 Å². The lowest BCUT2D eigenvalue weighted by atomic mass is 10.1. The monoisotopic (exact) mass is 263 g/mol. The molecule has 0 aliphatic carbocycles. The van der Waals surface area contributed by atoms with Gasteiger partial charge in [-0.15, -0.1) is 0 Å². The van der Waals surface area contributed by atoms with Crippen molar-refractivity contribution in [3.63, 3.8) is 0 Å². The van der Waals surface area contributed by atoms with Crippen molar-refractivity contribution in [2.45, 2.75) is 25.8 Å². The third-order valence-electron chi connectivity index (χ3n) is 3.66. The Labute approximate surface area is 114 Å². The molecule has 1 unspecified atom stereocenters. The van der Waals surface area contributed by atoms with Gasteiger partial charge in [-0.1, -0.05) is 0 Å². The molecule has 2 rings (SSSR count). The Bertz CT molecular complexity index is 456. The second kappa shape index (κ2) is 6.02. The van der Waals surface area contributed by atoms with Gasteiger partial charge in [-0.05, 0) is 38.4 Å². The summed E-state index contributed by atoms with van der Waals surface area (Å²) in [5.74, 6) is 0.567. The Morgan fingerprint density at radius 2 is 2.32 bits per heavy atom. The zero-order chi connectivity index (χ0) is 13.8. The lowest BCUT2D eigenvalue weighted by molar-refractivity contribution is 0.0599. The number of ether oxygens (including phenoxy) is 1. The topological polar surface area (TPSA) is 54.5 Å². The summed E-state index contributed by atoms with van der Waals surface area (Å²) in [4.78, 5) is 18.2. The normalized spacial score (nSPS) is 19.0. The molecule has 1 atom stereocenters. The van der Waals surface area contributed by atoms with Crippen molar-refractivity contribution in [3.05, 3.63) is 23.4 Å². The van der Waals surface area contributed by atoms with Crippen LogP contribution in [0.1, 0.15) is 28.9 Å². The molecule has 104 valence electrons. The molecule has 5 heteroatoms. The molecule has 1 aromatic rings. The maximum absolute atomic E-state index is 11.5. The summed E-state index contributed by atoms with van der Waals surface area (Å²) in [7, 11) is 3.44. The van der Waals surface area contributed by atoms with Gasteiger partial charge in [0.2, 0.25) is 0 Å². The number of rotatable bonds is 3. The van der Waals surface area contributed by atoms with E-state index in [4.69, 9.17) is 4.74 Å². The Balaban J connectivity index is 2.16. The second-order valence-corrected chi connectivity index (χ2v) is 4.91. The third-order valence-corrected chi connectivity index (χ3v) is 3.66. The fourth-order valence-corrected chi connectivity index (χ4v) is 2.42. The molecule has 1 aliphatic heterocycles. The number of pyridine rings is 1. The first-order valence-corrected chi connectivity index (χ1v) is 6.63. The second-order valence-electron chi connectivity index (χ2n) is 4.91. The average Bonchev–Trinajstić information content (AvgIpc) is 2.46. The van der Waals surface area contributed by atoms with Gasteiger partial charge in [0, 0.05) is 19.6 Å². The Morgan fingerprint density at radius 3 is 2.89 bits per heavy atom. The number of aryl methyl sites for hydroxylation is 1. The minimum absolute atomic E-state index is 0.335. The van der Waals surface area contributed by atoms with Crippen LogP contribution < -0.4 is 10.2 Å². The number of hydrogen-bond acceptors (Lipinski definition) is 5. The molecule has 0 aromatic carbocycles. The highest BCUT2D eigenvalue weighted by molar-refractivity contribution is 5.90. The third kappa shape index (κ3) is 3.04. The Kier molecular flexibility index (Phi) is 4.37. The maximum Gasteiger partial charge on any atom is 0.339 e. The van der Waals surface area contributed by atoms with Gasteiger partial charge < -0.3 is 15.0 Å². The van der Waals surface area contributed by atoms with Gasteiger partial charge in [-0.3, -0.25) is 0 Å². The number of hydrogen-bond donors (Lipinski definition) is 1. The Hall–Kier alpha value is -1.62. The first-order valence-electron chi connectivity index (χ1n) is 6.63. The number of nitrogens with zero attached hydrogens (tertiary/aromatic N) is 2. The number of aromatic nitrogens is 1. The summed E-state index contributed by atoms with van der Waals surface area (Å²) in [6, 6.07) is 4.13. The fraction of sp³-hybridized carbons (Fsp3) is 0.571. The minimum atomic E-state index is -0.335. The maximum atomic E-state index is 11.5. The molecule has 1 N–H and O–H groups in total. The van der Waals surface area contributed by atoms with Gasteiger partial charge >= 0.3 is 5.97 Å². The van der Waals surface area contributed by atoms with E-state index in [-0.39, 0.29) is 5.97 Å². The van der Waals surface area contributed by atoms with Gasteiger partial charge in [-0.2, -0.15) is 0 Å². The minimum Gasteiger partial charge on any atom is -0.465 e. The van der Waals surface area contributed by atoms with E-state index < -0.39 is 0 Å². The van der Waals surface area contributed by atoms with Crippen LogP contribution in [0.2, 0.25) is 0 Å². The predicted octanol–water partition coefficient (Wildman–Crippen LogP) is 1.36. The van der Waals surface area contributed by atoms with E-state index in [1.54, 1.807) is 6.07 Å². The van der Waals surface area contributed by atoms with Gasteiger partial charge in [0.25, 0.3) is 0 Å². The summed E-state index contributed by atoms with van der Waals surface area (Å²) in [6.07, 6.45) is 2.36. The number of piperidine rings is 1. The smallest absolute Gasteiger partial charge is 0.339 e. The first kappa shape index (κ1) is 13.8. The van der Waals surface area contributed by atoms with Crippen LogP contribution >= 0.6 is 0 Å². The van der Waals surface area contributed by atoms with E-state index in [1.165, 1.54) is 20.0 Å². The lowest BCUT2D eigenvalue weighted by Crippen LogP contribution is -2.44. The van der Waals surface area contributed by atoms with Crippen molar-refractivity contribution in [2.75, 3.05) is 32.1 Å². The van der Waals surface area contributed by atoms with Crippen LogP contribution in [0.5, 0.6) is 0 Å². The predicted molar refractivity (Wildman–Crippen MR) is 74.6 cm³/mol. The molecule has 0 bridgehead atoms. The molecular formula is C14H21N3O2. The summed E-state index contributed by atoms with van der Waals surface area (Å²) in [6.45, 7) is 3.91. The van der Waals surface area contributed by atoms with Gasteiger partial charge in [0.1, 0.15) is 5.82 Å². The van der Waals surface area contributed by atoms with Gasteiger partial charge in [-0.25, -0.2) is 9.78 Å². The molecule has 1 aromatic heterocycles. The molecule has 19 heavy (non-hydrogen) atoms. The van der Waals surface area contributed by atoms with Crippen molar-refractivity contribution in [1.29, 1.82) is 0 Å². The number of carbonyl (C=O) groups is 1. The SMILES string of the molecule is COC(=O)c1ccc(N(C)C2CCCNC2)nc1C. The molecule has 0 amide bonds. The molecule has 0 radical (unpaired) electrons. The summed E-state index contributed by atoms with van der Waals surface area (Å²) >= 11 is 0. The Morgan fingerprint density at radius 1 is 1.53 bits per heavy atom. The molecule has 5 nitrogen and oxygen atoms in total. The quantitative estimate of drug-likeness (QED) is 0.835. The zero-order valence-electron chi connectivity index (χ0n) is 11.8. The van der Waals surface area contributed by atoms with Gasteiger partial charge in [0.05, 0.1) is 18.4 Å². The molecule has 0 saturated carbocycles. The van der Waals surface area contributed by atoms with Crippen LogP contribution in [0.15, 0.2) is 12.1 Å². The van der Waals surface area contributed by atoms with Crippen LogP contribution in [-0.4, -0.2) is 44.2 Å². The summed E-state index contributed by atoms with van der Waals surface area (Å²) in [5.41, 5.74) is 1.24. The highest BCUT2D eigenvalue weighted by Gasteiger charge is 2.20. The molecule has 0 spiro atoms. The standard InChI is InChI=1S/C14H21N3O2/c1-10-12(14(18)19-3)6-7-13(16-10)17(2)11-5-4-8-15-9-11/h6-7,11,15H,4-5,8-9H2,1-3H3. The van der Waals surface area contributed by atoms with E-state index in [9.17, 15) is 4.79 Å². The van der Waals surface area contributed by atoms with Crippen molar-refractivity contribution < 1.29 is 9.53 Å². The van der Waals surface area contributed by atoms with Crippen LogP contribution in [-0.2, 0) is 4.74 Å². The fourth-order valence-electron chi connectivity index (χ4n) is 2.42. The largest absolute Gasteiger partial charge is 0.465 e. The average molecular weight is 263 g/mol. The van der Waals surface area contributed by atoms with Crippen LogP contribution in [0.4, 0.5) is 5.82 Å². The molecule has 1 fully saturated rings. The molecular weight excluding hydrogens is 242 g/mol. The van der Waals surface area contributed by atoms with E-state index in [0.717, 1.165) is 18.9 Å². The molecule has 2 heterocycles. The van der Waals surface area contributed by atoms with Crippen LogP contribution in [0.3, 0.4) is 0 Å². The van der Waals surface area contributed by atoms with E-state index >= 15 is 0 Å². The van der Waals surface area contributed by atoms with Gasteiger partial charge in [0.15, 0.2) is 0 Å². The van der Waals surface area contributed by atoms with E-state index in [1.807, 2.05) is 13.0 Å². The summed E-state index contributed by atoms with van der Waals surface area (Å²) < 4.78 is 4.73. The molecule has 1 saturated heterocycles. The number of esters is 1. The number of carbonyl (C=O) groups excluding carboxylic acids is 1.